The van der Waals surface area contributed by atoms with Crippen molar-refractivity contribution in [1.29, 1.82) is 0 Å². The molecule has 102 valence electrons. The number of hydrogen-bond donors (Lipinski definition) is 0. The molecule has 0 bridgehead atoms. The Hall–Kier alpha value is -2.69. The first-order valence-electron chi connectivity index (χ1n) is 6.20. The molecule has 0 fully saturated rings. The quantitative estimate of drug-likeness (QED) is 0.472. The Labute approximate surface area is 116 Å². The molecule has 2 aromatic rings. The lowest BCUT2D eigenvalue weighted by Gasteiger charge is -2.01. The first kappa shape index (κ1) is 13.7. The van der Waals surface area contributed by atoms with Gasteiger partial charge in [0.25, 0.3) is 5.69 Å². The van der Waals surface area contributed by atoms with E-state index in [0.29, 0.717) is 6.61 Å². The molecule has 0 aliphatic carbocycles. The third kappa shape index (κ3) is 3.65. The van der Waals surface area contributed by atoms with Crippen LogP contribution in [0.5, 0.6) is 5.75 Å². The van der Waals surface area contributed by atoms with Crippen molar-refractivity contribution >= 4 is 17.6 Å². The van der Waals surface area contributed by atoms with Crippen molar-refractivity contribution in [2.45, 2.75) is 6.92 Å². The highest BCUT2D eigenvalue weighted by Crippen LogP contribution is 2.18. The number of non-ortho nitro benzene ring substituents is 1. The number of benzene rings is 2. The third-order valence-corrected chi connectivity index (χ3v) is 2.61. The van der Waals surface area contributed by atoms with Crippen molar-refractivity contribution in [3.05, 3.63) is 64.2 Å². The van der Waals surface area contributed by atoms with E-state index in [-0.39, 0.29) is 5.69 Å². The standard InChI is InChI=1S/C15H14N2O3/c1-2-20-15-9-5-13(6-10-15)16-11-12-3-7-14(8-4-12)17(18)19/h3-11H,2H2,1H3. The molecule has 0 spiro atoms. The number of nitro groups is 1. The summed E-state index contributed by atoms with van der Waals surface area (Å²) in [7, 11) is 0. The van der Waals surface area contributed by atoms with E-state index in [9.17, 15) is 10.1 Å². The lowest BCUT2D eigenvalue weighted by atomic mass is 10.2. The Bertz CT molecular complexity index is 604. The molecule has 5 heteroatoms. The fraction of sp³-hybridized carbons (Fsp3) is 0.133. The van der Waals surface area contributed by atoms with Crippen LogP contribution in [0.15, 0.2) is 53.5 Å². The Kier molecular flexibility index (Phi) is 4.44. The Morgan fingerprint density at radius 2 is 1.80 bits per heavy atom. The van der Waals surface area contributed by atoms with E-state index in [1.807, 2.05) is 31.2 Å². The average molecular weight is 270 g/mol. The second-order valence-electron chi connectivity index (χ2n) is 4.03. The first-order chi connectivity index (χ1) is 9.69. The Balaban J connectivity index is 2.06. The van der Waals surface area contributed by atoms with Gasteiger partial charge in [-0.3, -0.25) is 15.1 Å². The van der Waals surface area contributed by atoms with Gasteiger partial charge in [-0.2, -0.15) is 0 Å². The van der Waals surface area contributed by atoms with Crippen LogP contribution in [0.25, 0.3) is 0 Å². The fourth-order valence-electron chi connectivity index (χ4n) is 1.63. The molecule has 0 saturated heterocycles. The molecule has 2 aromatic carbocycles. The minimum atomic E-state index is -0.423. The number of nitrogens with zero attached hydrogens (tertiary/aromatic N) is 2. The molecule has 2 rings (SSSR count). The summed E-state index contributed by atoms with van der Waals surface area (Å²) in [5.74, 6) is 0.807. The molecule has 0 aromatic heterocycles. The summed E-state index contributed by atoms with van der Waals surface area (Å²) in [5.41, 5.74) is 1.68. The lowest BCUT2D eigenvalue weighted by Crippen LogP contribution is -1.90. The lowest BCUT2D eigenvalue weighted by molar-refractivity contribution is -0.384. The third-order valence-electron chi connectivity index (χ3n) is 2.61. The van der Waals surface area contributed by atoms with Crippen molar-refractivity contribution in [3.63, 3.8) is 0 Å². The molecule has 0 aliphatic heterocycles. The Morgan fingerprint density at radius 3 is 2.35 bits per heavy atom. The van der Waals surface area contributed by atoms with Crippen molar-refractivity contribution in [2.24, 2.45) is 4.99 Å². The molecular formula is C15H14N2O3. The predicted molar refractivity (Wildman–Crippen MR) is 78.0 cm³/mol. The van der Waals surface area contributed by atoms with Gasteiger partial charge in [0.05, 0.1) is 17.2 Å². The summed E-state index contributed by atoms with van der Waals surface area (Å²) in [5, 5.41) is 10.5. The fourth-order valence-corrected chi connectivity index (χ4v) is 1.63. The van der Waals surface area contributed by atoms with Gasteiger partial charge < -0.3 is 4.74 Å². The van der Waals surface area contributed by atoms with Crippen LogP contribution in [0.4, 0.5) is 11.4 Å². The average Bonchev–Trinajstić information content (AvgIpc) is 2.47. The van der Waals surface area contributed by atoms with E-state index in [0.717, 1.165) is 17.0 Å². The second-order valence-corrected chi connectivity index (χ2v) is 4.03. The molecule has 20 heavy (non-hydrogen) atoms. The number of aliphatic imine (C=N–C) groups is 1. The van der Waals surface area contributed by atoms with E-state index >= 15 is 0 Å². The van der Waals surface area contributed by atoms with Crippen LogP contribution in [0.2, 0.25) is 0 Å². The summed E-state index contributed by atoms with van der Waals surface area (Å²) < 4.78 is 5.34. The number of nitro benzene ring substituents is 1. The van der Waals surface area contributed by atoms with Gasteiger partial charge in [-0.05, 0) is 48.9 Å². The van der Waals surface area contributed by atoms with Crippen LogP contribution in [0, 0.1) is 10.1 Å². The van der Waals surface area contributed by atoms with Gasteiger partial charge in [-0.15, -0.1) is 0 Å². The van der Waals surface area contributed by atoms with Gasteiger partial charge in [-0.1, -0.05) is 0 Å². The van der Waals surface area contributed by atoms with Crippen LogP contribution >= 0.6 is 0 Å². The van der Waals surface area contributed by atoms with Gasteiger partial charge in [0.2, 0.25) is 0 Å². The Morgan fingerprint density at radius 1 is 1.15 bits per heavy atom. The molecule has 0 heterocycles. The van der Waals surface area contributed by atoms with Gasteiger partial charge in [0.1, 0.15) is 5.75 Å². The van der Waals surface area contributed by atoms with Gasteiger partial charge >= 0.3 is 0 Å². The topological polar surface area (TPSA) is 64.7 Å². The zero-order chi connectivity index (χ0) is 14.4. The highest BCUT2D eigenvalue weighted by molar-refractivity contribution is 5.82. The number of rotatable bonds is 5. The molecule has 0 amide bonds. The first-order valence-corrected chi connectivity index (χ1v) is 6.20. The van der Waals surface area contributed by atoms with Gasteiger partial charge in [-0.25, -0.2) is 0 Å². The van der Waals surface area contributed by atoms with Crippen LogP contribution < -0.4 is 4.74 Å². The maximum Gasteiger partial charge on any atom is 0.269 e. The zero-order valence-electron chi connectivity index (χ0n) is 11.0. The van der Waals surface area contributed by atoms with Crippen LogP contribution in [0.1, 0.15) is 12.5 Å². The van der Waals surface area contributed by atoms with E-state index in [1.165, 1.54) is 12.1 Å². The minimum absolute atomic E-state index is 0.0724. The van der Waals surface area contributed by atoms with Crippen molar-refractivity contribution < 1.29 is 9.66 Å². The molecule has 0 unspecified atom stereocenters. The number of ether oxygens (including phenoxy) is 1. The largest absolute Gasteiger partial charge is 0.494 e. The summed E-state index contributed by atoms with van der Waals surface area (Å²) in [6.07, 6.45) is 1.67. The van der Waals surface area contributed by atoms with Crippen molar-refractivity contribution in [1.82, 2.24) is 0 Å². The maximum absolute atomic E-state index is 10.5. The molecular weight excluding hydrogens is 256 g/mol. The maximum atomic E-state index is 10.5. The van der Waals surface area contributed by atoms with Gasteiger partial charge in [0.15, 0.2) is 0 Å². The van der Waals surface area contributed by atoms with Crippen molar-refractivity contribution in [2.75, 3.05) is 6.61 Å². The van der Waals surface area contributed by atoms with E-state index in [2.05, 4.69) is 4.99 Å². The second kappa shape index (κ2) is 6.47. The molecule has 0 aliphatic rings. The molecule has 0 saturated carbocycles. The highest BCUT2D eigenvalue weighted by Gasteiger charge is 2.02. The van der Waals surface area contributed by atoms with Crippen LogP contribution in [-0.2, 0) is 0 Å². The van der Waals surface area contributed by atoms with E-state index in [1.54, 1.807) is 18.3 Å². The van der Waals surface area contributed by atoms with E-state index < -0.39 is 4.92 Å². The van der Waals surface area contributed by atoms with Crippen LogP contribution in [0.3, 0.4) is 0 Å². The molecule has 5 nitrogen and oxygen atoms in total. The zero-order valence-corrected chi connectivity index (χ0v) is 11.0. The molecule has 0 radical (unpaired) electrons. The minimum Gasteiger partial charge on any atom is -0.494 e. The molecule has 0 N–H and O–H groups in total. The highest BCUT2D eigenvalue weighted by atomic mass is 16.6. The SMILES string of the molecule is CCOc1ccc(N=Cc2ccc([N+](=O)[O-])cc2)cc1. The summed E-state index contributed by atoms with van der Waals surface area (Å²) in [6, 6.07) is 13.7. The van der Waals surface area contributed by atoms with Crippen LogP contribution in [-0.4, -0.2) is 17.7 Å². The summed E-state index contributed by atoms with van der Waals surface area (Å²) in [4.78, 5) is 14.4. The monoisotopic (exact) mass is 270 g/mol. The number of hydrogen-bond acceptors (Lipinski definition) is 4. The summed E-state index contributed by atoms with van der Waals surface area (Å²) in [6.45, 7) is 2.56. The van der Waals surface area contributed by atoms with Gasteiger partial charge in [0, 0.05) is 18.3 Å². The van der Waals surface area contributed by atoms with E-state index in [4.69, 9.17) is 4.74 Å². The normalized spacial score (nSPS) is 10.7. The smallest absolute Gasteiger partial charge is 0.269 e. The molecule has 0 atom stereocenters. The van der Waals surface area contributed by atoms with Crippen molar-refractivity contribution in [3.8, 4) is 5.75 Å². The summed E-state index contributed by atoms with van der Waals surface area (Å²) >= 11 is 0. The predicted octanol–water partition coefficient (Wildman–Crippen LogP) is 3.74.